The molecule has 33 heavy (non-hydrogen) atoms. The van der Waals surface area contributed by atoms with Gasteiger partial charge in [0.2, 0.25) is 5.95 Å². The standard InChI is InChI=1S/C19H23N7.C2HF3O2/c20-19-21-9-6-18(22-19)25-10-7-16(8-11-25)13-26-14-17(23-24-26)12-15-4-2-1-3-5-15;3-2(4,5)1(6)7/h1-6,9,14,16H,7-8,10-13H2,(H2,20,21,22);(H,6,7). The van der Waals surface area contributed by atoms with Crippen LogP contribution < -0.4 is 10.6 Å². The molecule has 3 N–H and O–H groups in total. The zero-order chi connectivity index (χ0) is 23.8. The molecule has 0 aliphatic carbocycles. The zero-order valence-electron chi connectivity index (χ0n) is 17.7. The summed E-state index contributed by atoms with van der Waals surface area (Å²) in [5.41, 5.74) is 7.96. The van der Waals surface area contributed by atoms with E-state index in [2.05, 4.69) is 55.6 Å². The van der Waals surface area contributed by atoms with Gasteiger partial charge in [-0.25, -0.2) is 9.78 Å². The van der Waals surface area contributed by atoms with Gasteiger partial charge in [-0.15, -0.1) is 5.10 Å². The maximum absolute atomic E-state index is 10.6. The molecule has 0 unspecified atom stereocenters. The van der Waals surface area contributed by atoms with Gasteiger partial charge in [-0.1, -0.05) is 35.5 Å². The van der Waals surface area contributed by atoms with E-state index in [1.54, 1.807) is 6.20 Å². The van der Waals surface area contributed by atoms with Crippen molar-refractivity contribution in [3.8, 4) is 0 Å². The molecule has 0 bridgehead atoms. The third kappa shape index (κ3) is 7.44. The SMILES string of the molecule is Nc1nccc(N2CCC(Cn3cc(Cc4ccccc4)nn3)CC2)n1.O=C(O)C(F)(F)F. The summed E-state index contributed by atoms with van der Waals surface area (Å²) >= 11 is 0. The fourth-order valence-corrected chi connectivity index (χ4v) is 3.46. The molecular formula is C21H24F3N7O2. The first-order chi connectivity index (χ1) is 15.7. The van der Waals surface area contributed by atoms with Crippen LogP contribution in [0.2, 0.25) is 0 Å². The third-order valence-electron chi connectivity index (χ3n) is 5.10. The molecule has 3 heterocycles. The van der Waals surface area contributed by atoms with Crippen molar-refractivity contribution in [3.63, 3.8) is 0 Å². The number of nitrogens with zero attached hydrogens (tertiary/aromatic N) is 6. The van der Waals surface area contributed by atoms with Crippen molar-refractivity contribution in [3.05, 3.63) is 60.0 Å². The highest BCUT2D eigenvalue weighted by Crippen LogP contribution is 2.23. The van der Waals surface area contributed by atoms with Crippen molar-refractivity contribution in [1.82, 2.24) is 25.0 Å². The van der Waals surface area contributed by atoms with Gasteiger partial charge in [0.05, 0.1) is 5.69 Å². The smallest absolute Gasteiger partial charge is 0.475 e. The number of rotatable bonds is 5. The lowest BCUT2D eigenvalue weighted by atomic mass is 9.97. The van der Waals surface area contributed by atoms with E-state index >= 15 is 0 Å². The van der Waals surface area contributed by atoms with Gasteiger partial charge >= 0.3 is 12.1 Å². The van der Waals surface area contributed by atoms with Crippen LogP contribution in [0.4, 0.5) is 24.9 Å². The average molecular weight is 463 g/mol. The Morgan fingerprint density at radius 3 is 2.42 bits per heavy atom. The number of alkyl halides is 3. The molecule has 1 saturated heterocycles. The summed E-state index contributed by atoms with van der Waals surface area (Å²) in [5, 5.41) is 15.8. The molecule has 0 spiro atoms. The molecule has 1 fully saturated rings. The van der Waals surface area contributed by atoms with Gasteiger partial charge in [0.1, 0.15) is 5.82 Å². The van der Waals surface area contributed by atoms with Crippen LogP contribution in [0.25, 0.3) is 0 Å². The van der Waals surface area contributed by atoms with Crippen LogP contribution in [-0.2, 0) is 17.8 Å². The highest BCUT2D eigenvalue weighted by atomic mass is 19.4. The lowest BCUT2D eigenvalue weighted by Crippen LogP contribution is -2.35. The first-order valence-corrected chi connectivity index (χ1v) is 10.3. The molecule has 0 amide bonds. The predicted molar refractivity (Wildman–Crippen MR) is 114 cm³/mol. The lowest BCUT2D eigenvalue weighted by Gasteiger charge is -2.32. The molecule has 1 aliphatic rings. The first-order valence-electron chi connectivity index (χ1n) is 10.3. The molecule has 0 radical (unpaired) electrons. The van der Waals surface area contributed by atoms with Crippen LogP contribution in [0.5, 0.6) is 0 Å². The molecule has 12 heteroatoms. The lowest BCUT2D eigenvalue weighted by molar-refractivity contribution is -0.192. The molecule has 9 nitrogen and oxygen atoms in total. The number of aromatic nitrogens is 5. The highest BCUT2D eigenvalue weighted by Gasteiger charge is 2.38. The van der Waals surface area contributed by atoms with Crippen molar-refractivity contribution >= 4 is 17.7 Å². The summed E-state index contributed by atoms with van der Waals surface area (Å²) in [6.07, 6.45) is 1.75. The molecule has 3 aromatic rings. The summed E-state index contributed by atoms with van der Waals surface area (Å²) in [5.74, 6) is -0.899. The number of nitrogens with two attached hydrogens (primary N) is 1. The number of piperidine rings is 1. The molecule has 1 aromatic carbocycles. The normalized spacial score (nSPS) is 14.5. The molecule has 2 aromatic heterocycles. The summed E-state index contributed by atoms with van der Waals surface area (Å²) in [7, 11) is 0. The Balaban J connectivity index is 0.000000383. The maximum atomic E-state index is 10.6. The van der Waals surface area contributed by atoms with Crippen molar-refractivity contribution in [2.24, 2.45) is 5.92 Å². The van der Waals surface area contributed by atoms with Crippen LogP contribution in [-0.4, -0.2) is 55.3 Å². The second kappa shape index (κ2) is 10.7. The number of carbonyl (C=O) groups is 1. The monoisotopic (exact) mass is 463 g/mol. The topological polar surface area (TPSA) is 123 Å². The molecular weight excluding hydrogens is 439 g/mol. The van der Waals surface area contributed by atoms with E-state index in [-0.39, 0.29) is 0 Å². The Morgan fingerprint density at radius 2 is 1.82 bits per heavy atom. The Morgan fingerprint density at radius 1 is 1.15 bits per heavy atom. The minimum absolute atomic E-state index is 0.332. The number of aliphatic carboxylic acids is 1. The quantitative estimate of drug-likeness (QED) is 0.592. The summed E-state index contributed by atoms with van der Waals surface area (Å²) < 4.78 is 33.7. The van der Waals surface area contributed by atoms with Gasteiger partial charge in [-0.05, 0) is 30.4 Å². The van der Waals surface area contributed by atoms with E-state index in [0.29, 0.717) is 11.9 Å². The number of carboxylic acid groups (broad SMARTS) is 1. The summed E-state index contributed by atoms with van der Waals surface area (Å²) in [6, 6.07) is 12.3. The molecule has 0 atom stereocenters. The van der Waals surface area contributed by atoms with Gasteiger partial charge in [-0.2, -0.15) is 18.2 Å². The molecule has 1 aliphatic heterocycles. The molecule has 0 saturated carbocycles. The number of anilines is 2. The third-order valence-corrected chi connectivity index (χ3v) is 5.10. The average Bonchev–Trinajstić information content (AvgIpc) is 3.21. The Kier molecular flexibility index (Phi) is 7.80. The number of hydrogen-bond acceptors (Lipinski definition) is 7. The van der Waals surface area contributed by atoms with E-state index in [0.717, 1.165) is 50.4 Å². The Hall–Kier alpha value is -3.70. The molecule has 4 rings (SSSR count). The van der Waals surface area contributed by atoms with Crippen LogP contribution in [0.3, 0.4) is 0 Å². The number of hydrogen-bond donors (Lipinski definition) is 2. The van der Waals surface area contributed by atoms with Gasteiger partial charge < -0.3 is 15.7 Å². The number of carboxylic acids is 1. The fourth-order valence-electron chi connectivity index (χ4n) is 3.46. The highest BCUT2D eigenvalue weighted by molar-refractivity contribution is 5.73. The Labute approximate surface area is 188 Å². The zero-order valence-corrected chi connectivity index (χ0v) is 17.7. The largest absolute Gasteiger partial charge is 0.490 e. The minimum atomic E-state index is -5.08. The summed E-state index contributed by atoms with van der Waals surface area (Å²) in [6.45, 7) is 2.88. The molecule has 176 valence electrons. The first kappa shape index (κ1) is 24.0. The van der Waals surface area contributed by atoms with E-state index in [9.17, 15) is 13.2 Å². The second-order valence-corrected chi connectivity index (χ2v) is 7.60. The van der Waals surface area contributed by atoms with Crippen molar-refractivity contribution in [1.29, 1.82) is 0 Å². The number of halogens is 3. The number of benzene rings is 1. The van der Waals surface area contributed by atoms with E-state index in [1.165, 1.54) is 5.56 Å². The van der Waals surface area contributed by atoms with E-state index < -0.39 is 12.1 Å². The second-order valence-electron chi connectivity index (χ2n) is 7.60. The van der Waals surface area contributed by atoms with Crippen LogP contribution in [0, 0.1) is 5.92 Å². The van der Waals surface area contributed by atoms with Crippen LogP contribution >= 0.6 is 0 Å². The maximum Gasteiger partial charge on any atom is 0.490 e. The fraction of sp³-hybridized carbons (Fsp3) is 0.381. The van der Waals surface area contributed by atoms with Gasteiger partial charge in [0.15, 0.2) is 0 Å². The van der Waals surface area contributed by atoms with Crippen LogP contribution in [0.15, 0.2) is 48.8 Å². The van der Waals surface area contributed by atoms with Crippen molar-refractivity contribution in [2.75, 3.05) is 23.7 Å². The van der Waals surface area contributed by atoms with Crippen LogP contribution in [0.1, 0.15) is 24.1 Å². The van der Waals surface area contributed by atoms with Gasteiger partial charge in [0, 0.05) is 38.4 Å². The van der Waals surface area contributed by atoms with Gasteiger partial charge in [0.25, 0.3) is 0 Å². The van der Waals surface area contributed by atoms with Crippen molar-refractivity contribution in [2.45, 2.75) is 32.0 Å². The summed E-state index contributed by atoms with van der Waals surface area (Å²) in [4.78, 5) is 19.4. The van der Waals surface area contributed by atoms with E-state index in [4.69, 9.17) is 15.6 Å². The minimum Gasteiger partial charge on any atom is -0.475 e. The van der Waals surface area contributed by atoms with Gasteiger partial charge in [-0.3, -0.25) is 4.68 Å². The Bertz CT molecular complexity index is 1040. The number of nitrogen functional groups attached to an aromatic ring is 1. The predicted octanol–water partition coefficient (Wildman–Crippen LogP) is 2.79. The van der Waals surface area contributed by atoms with E-state index in [1.807, 2.05) is 16.8 Å². The van der Waals surface area contributed by atoms with Crippen molar-refractivity contribution < 1.29 is 23.1 Å².